The third-order valence-electron chi connectivity index (χ3n) is 3.67. The Bertz CT molecular complexity index is 699. The van der Waals surface area contributed by atoms with Gasteiger partial charge >= 0.3 is 6.03 Å². The molecule has 23 heavy (non-hydrogen) atoms. The minimum atomic E-state index is -0.257. The molecule has 1 aliphatic heterocycles. The van der Waals surface area contributed by atoms with Gasteiger partial charge in [-0.05, 0) is 36.2 Å². The molecular formula is C17H18N4O2. The smallest absolute Gasteiger partial charge is 0.317 e. The second-order valence-corrected chi connectivity index (χ2v) is 5.37. The molecule has 1 aliphatic rings. The van der Waals surface area contributed by atoms with Crippen molar-refractivity contribution in [2.45, 2.75) is 13.0 Å². The Labute approximate surface area is 134 Å². The standard InChI is InChI=1S/C17H18N4O2/c22-16(15-7-1-2-8-18-15)20-14-6-3-5-13(11-14)12-19-17(23)21-9-4-10-21/h1-3,5-8,11H,4,9-10,12H2,(H,19,23)(H,20,22). The topological polar surface area (TPSA) is 74.3 Å². The highest BCUT2D eigenvalue weighted by atomic mass is 16.2. The van der Waals surface area contributed by atoms with Crippen molar-refractivity contribution in [2.75, 3.05) is 18.4 Å². The molecular weight excluding hydrogens is 292 g/mol. The maximum absolute atomic E-state index is 12.1. The van der Waals surface area contributed by atoms with Crippen LogP contribution in [0.25, 0.3) is 0 Å². The quantitative estimate of drug-likeness (QED) is 0.909. The van der Waals surface area contributed by atoms with E-state index in [-0.39, 0.29) is 11.9 Å². The first-order valence-corrected chi connectivity index (χ1v) is 7.56. The Morgan fingerprint density at radius 3 is 2.70 bits per heavy atom. The molecule has 3 amide bonds. The first kappa shape index (κ1) is 15.0. The second-order valence-electron chi connectivity index (χ2n) is 5.37. The van der Waals surface area contributed by atoms with Gasteiger partial charge in [-0.15, -0.1) is 0 Å². The third-order valence-corrected chi connectivity index (χ3v) is 3.67. The van der Waals surface area contributed by atoms with Gasteiger partial charge in [-0.2, -0.15) is 0 Å². The van der Waals surface area contributed by atoms with Crippen molar-refractivity contribution in [3.8, 4) is 0 Å². The summed E-state index contributed by atoms with van der Waals surface area (Å²) < 4.78 is 0. The van der Waals surface area contributed by atoms with Gasteiger partial charge in [0.15, 0.2) is 0 Å². The van der Waals surface area contributed by atoms with Crippen LogP contribution in [0.4, 0.5) is 10.5 Å². The summed E-state index contributed by atoms with van der Waals surface area (Å²) in [6, 6.07) is 12.6. The van der Waals surface area contributed by atoms with Crippen LogP contribution in [0.5, 0.6) is 0 Å². The molecule has 0 atom stereocenters. The number of hydrogen-bond acceptors (Lipinski definition) is 3. The molecule has 0 unspecified atom stereocenters. The van der Waals surface area contributed by atoms with Crippen molar-refractivity contribution in [2.24, 2.45) is 0 Å². The molecule has 1 aromatic carbocycles. The lowest BCUT2D eigenvalue weighted by atomic mass is 10.2. The summed E-state index contributed by atoms with van der Waals surface area (Å²) in [5, 5.41) is 5.68. The van der Waals surface area contributed by atoms with Crippen molar-refractivity contribution in [3.63, 3.8) is 0 Å². The molecule has 1 fully saturated rings. The predicted octanol–water partition coefficient (Wildman–Crippen LogP) is 2.25. The number of amides is 3. The van der Waals surface area contributed by atoms with E-state index in [4.69, 9.17) is 0 Å². The fourth-order valence-electron chi connectivity index (χ4n) is 2.26. The van der Waals surface area contributed by atoms with Gasteiger partial charge < -0.3 is 15.5 Å². The molecule has 2 heterocycles. The van der Waals surface area contributed by atoms with Crippen molar-refractivity contribution >= 4 is 17.6 Å². The van der Waals surface area contributed by atoms with Gasteiger partial charge in [0, 0.05) is 31.5 Å². The highest BCUT2D eigenvalue weighted by molar-refractivity contribution is 6.02. The summed E-state index contributed by atoms with van der Waals surface area (Å²) >= 11 is 0. The number of carbonyl (C=O) groups excluding carboxylic acids is 2. The molecule has 1 aromatic heterocycles. The summed E-state index contributed by atoms with van der Waals surface area (Å²) in [5.74, 6) is -0.257. The number of benzene rings is 1. The number of urea groups is 1. The normalized spacial score (nSPS) is 13.1. The molecule has 0 spiro atoms. The molecule has 2 aromatic rings. The molecule has 0 radical (unpaired) electrons. The molecule has 0 aliphatic carbocycles. The molecule has 2 N–H and O–H groups in total. The van der Waals surface area contributed by atoms with E-state index in [2.05, 4.69) is 15.6 Å². The Balaban J connectivity index is 1.58. The van der Waals surface area contributed by atoms with E-state index in [0.29, 0.717) is 17.9 Å². The number of hydrogen-bond donors (Lipinski definition) is 2. The maximum Gasteiger partial charge on any atom is 0.317 e. The van der Waals surface area contributed by atoms with Crippen molar-refractivity contribution in [1.82, 2.24) is 15.2 Å². The lowest BCUT2D eigenvalue weighted by Gasteiger charge is -2.30. The van der Waals surface area contributed by atoms with E-state index < -0.39 is 0 Å². The average Bonchev–Trinajstić information content (AvgIpc) is 2.52. The fraction of sp³-hybridized carbons (Fsp3) is 0.235. The molecule has 6 heteroatoms. The highest BCUT2D eigenvalue weighted by Gasteiger charge is 2.19. The first-order chi connectivity index (χ1) is 11.2. The lowest BCUT2D eigenvalue weighted by Crippen LogP contribution is -2.47. The fourth-order valence-corrected chi connectivity index (χ4v) is 2.26. The van der Waals surface area contributed by atoms with Crippen LogP contribution in [0.3, 0.4) is 0 Å². The molecule has 6 nitrogen and oxygen atoms in total. The molecule has 118 valence electrons. The van der Waals surface area contributed by atoms with Crippen LogP contribution < -0.4 is 10.6 Å². The van der Waals surface area contributed by atoms with E-state index in [0.717, 1.165) is 25.1 Å². The summed E-state index contributed by atoms with van der Waals surface area (Å²) in [5.41, 5.74) is 1.97. The Morgan fingerprint density at radius 2 is 2.00 bits per heavy atom. The second kappa shape index (κ2) is 6.91. The zero-order chi connectivity index (χ0) is 16.1. The molecule has 0 saturated carbocycles. The third kappa shape index (κ3) is 3.85. The number of pyridine rings is 1. The molecule has 3 rings (SSSR count). The zero-order valence-electron chi connectivity index (χ0n) is 12.7. The minimum Gasteiger partial charge on any atom is -0.334 e. The maximum atomic E-state index is 12.1. The summed E-state index contributed by atoms with van der Waals surface area (Å²) in [7, 11) is 0. The van der Waals surface area contributed by atoms with E-state index in [1.54, 1.807) is 29.3 Å². The first-order valence-electron chi connectivity index (χ1n) is 7.56. The van der Waals surface area contributed by atoms with Crippen LogP contribution in [-0.2, 0) is 6.54 Å². The van der Waals surface area contributed by atoms with Crippen molar-refractivity contribution in [1.29, 1.82) is 0 Å². The van der Waals surface area contributed by atoms with Crippen LogP contribution in [0.1, 0.15) is 22.5 Å². The number of anilines is 1. The van der Waals surface area contributed by atoms with E-state index in [1.807, 2.05) is 24.3 Å². The Hall–Kier alpha value is -2.89. The van der Waals surface area contributed by atoms with Gasteiger partial charge in [-0.25, -0.2) is 4.79 Å². The van der Waals surface area contributed by atoms with E-state index in [9.17, 15) is 9.59 Å². The summed E-state index contributed by atoms with van der Waals surface area (Å²) in [6.07, 6.45) is 2.65. The molecule has 0 bridgehead atoms. The monoisotopic (exact) mass is 310 g/mol. The van der Waals surface area contributed by atoms with Gasteiger partial charge in [0.05, 0.1) is 0 Å². The summed E-state index contributed by atoms with van der Waals surface area (Å²) in [6.45, 7) is 2.08. The Morgan fingerprint density at radius 1 is 1.13 bits per heavy atom. The zero-order valence-corrected chi connectivity index (χ0v) is 12.7. The van der Waals surface area contributed by atoms with Crippen molar-refractivity contribution in [3.05, 3.63) is 59.9 Å². The van der Waals surface area contributed by atoms with Gasteiger partial charge in [0.2, 0.25) is 0 Å². The Kier molecular flexibility index (Phi) is 4.52. The number of likely N-dealkylation sites (tertiary alicyclic amines) is 1. The van der Waals surface area contributed by atoms with Crippen LogP contribution in [0.2, 0.25) is 0 Å². The van der Waals surface area contributed by atoms with Crippen LogP contribution in [-0.4, -0.2) is 34.9 Å². The van der Waals surface area contributed by atoms with Crippen LogP contribution >= 0.6 is 0 Å². The lowest BCUT2D eigenvalue weighted by molar-refractivity contribution is 0.102. The van der Waals surface area contributed by atoms with Gasteiger partial charge in [0.25, 0.3) is 5.91 Å². The molecule has 1 saturated heterocycles. The average molecular weight is 310 g/mol. The summed E-state index contributed by atoms with van der Waals surface area (Å²) in [4.78, 5) is 29.6. The van der Waals surface area contributed by atoms with Crippen LogP contribution in [0, 0.1) is 0 Å². The van der Waals surface area contributed by atoms with Crippen molar-refractivity contribution < 1.29 is 9.59 Å². The van der Waals surface area contributed by atoms with Gasteiger partial charge in [-0.1, -0.05) is 18.2 Å². The minimum absolute atomic E-state index is 0.0424. The predicted molar refractivity (Wildman–Crippen MR) is 87.1 cm³/mol. The van der Waals surface area contributed by atoms with Gasteiger partial charge in [-0.3, -0.25) is 9.78 Å². The largest absolute Gasteiger partial charge is 0.334 e. The number of nitrogens with one attached hydrogen (secondary N) is 2. The number of rotatable bonds is 4. The SMILES string of the molecule is O=C(Nc1cccc(CNC(=O)N2CCC2)c1)c1ccccn1. The van der Waals surface area contributed by atoms with E-state index >= 15 is 0 Å². The van der Waals surface area contributed by atoms with Gasteiger partial charge in [0.1, 0.15) is 5.69 Å². The number of carbonyl (C=O) groups is 2. The highest BCUT2D eigenvalue weighted by Crippen LogP contribution is 2.12. The number of aromatic nitrogens is 1. The van der Waals surface area contributed by atoms with Crippen LogP contribution in [0.15, 0.2) is 48.7 Å². The number of nitrogens with zero attached hydrogens (tertiary/aromatic N) is 2. The van der Waals surface area contributed by atoms with E-state index in [1.165, 1.54) is 0 Å².